The molecule has 0 aliphatic carbocycles. The maximum Gasteiger partial charge on any atom is 0.191 e. The van der Waals surface area contributed by atoms with Gasteiger partial charge in [-0.25, -0.2) is 15.0 Å². The number of aromatic nitrogens is 3. The molecule has 2 heterocycles. The van der Waals surface area contributed by atoms with E-state index in [-0.39, 0.29) is 0 Å². The molecule has 4 N–H and O–H groups in total. The fraction of sp³-hybridized carbons (Fsp3) is 0.100. The Hall–Kier alpha value is -1.24. The van der Waals surface area contributed by atoms with Gasteiger partial charge in [-0.15, -0.1) is 0 Å². The molecule has 0 radical (unpaired) electrons. The zero-order valence-electron chi connectivity index (χ0n) is 9.10. The standard InChI is InChI=1S/C10H9Cl2N5S/c11-6-1-7(12)15-3-5(6)4-18-10-16-8(13)2-9(14)17-10/h1-3H,4H2,(H4,13,14,16,17). The third-order valence-electron chi connectivity index (χ3n) is 2.00. The molecule has 8 heteroatoms. The summed E-state index contributed by atoms with van der Waals surface area (Å²) in [6, 6.07) is 3.09. The van der Waals surface area contributed by atoms with Gasteiger partial charge in [-0.1, -0.05) is 35.0 Å². The van der Waals surface area contributed by atoms with Crippen LogP contribution in [-0.2, 0) is 5.75 Å². The largest absolute Gasteiger partial charge is 0.383 e. The van der Waals surface area contributed by atoms with E-state index in [0.717, 1.165) is 5.56 Å². The van der Waals surface area contributed by atoms with Crippen molar-refractivity contribution in [3.63, 3.8) is 0 Å². The molecule has 0 bridgehead atoms. The predicted molar refractivity (Wildman–Crippen MR) is 74.7 cm³/mol. The first-order chi connectivity index (χ1) is 8.54. The van der Waals surface area contributed by atoms with Gasteiger partial charge in [0.15, 0.2) is 5.16 Å². The molecule has 94 valence electrons. The SMILES string of the molecule is Nc1cc(N)nc(SCc2cnc(Cl)cc2Cl)n1. The van der Waals surface area contributed by atoms with Crippen LogP contribution in [-0.4, -0.2) is 15.0 Å². The van der Waals surface area contributed by atoms with E-state index in [2.05, 4.69) is 15.0 Å². The molecule has 0 aliphatic rings. The second-order valence-corrected chi connectivity index (χ2v) is 5.12. The number of nitrogen functional groups attached to an aromatic ring is 2. The molecule has 0 atom stereocenters. The van der Waals surface area contributed by atoms with Crippen LogP contribution in [0, 0.1) is 0 Å². The first-order valence-corrected chi connectivity index (χ1v) is 6.61. The van der Waals surface area contributed by atoms with E-state index in [0.29, 0.717) is 32.7 Å². The van der Waals surface area contributed by atoms with Gasteiger partial charge in [-0.05, 0) is 11.6 Å². The molecule has 0 saturated heterocycles. The number of halogens is 2. The van der Waals surface area contributed by atoms with E-state index in [1.807, 2.05) is 0 Å². The Kier molecular flexibility index (Phi) is 4.11. The molecule has 0 aromatic carbocycles. The van der Waals surface area contributed by atoms with Gasteiger partial charge in [0.25, 0.3) is 0 Å². The molecule has 2 aromatic heterocycles. The fourth-order valence-electron chi connectivity index (χ4n) is 1.21. The van der Waals surface area contributed by atoms with Crippen LogP contribution >= 0.6 is 35.0 Å². The summed E-state index contributed by atoms with van der Waals surface area (Å²) in [4.78, 5) is 12.1. The van der Waals surface area contributed by atoms with Crippen molar-refractivity contribution in [2.24, 2.45) is 0 Å². The van der Waals surface area contributed by atoms with Crippen LogP contribution in [0.15, 0.2) is 23.5 Å². The summed E-state index contributed by atoms with van der Waals surface area (Å²) in [6.07, 6.45) is 1.62. The van der Waals surface area contributed by atoms with Crippen molar-refractivity contribution < 1.29 is 0 Å². The first-order valence-electron chi connectivity index (χ1n) is 4.87. The van der Waals surface area contributed by atoms with Crippen molar-refractivity contribution in [2.75, 3.05) is 11.5 Å². The Balaban J connectivity index is 2.11. The lowest BCUT2D eigenvalue weighted by atomic mass is 10.3. The second-order valence-electron chi connectivity index (χ2n) is 3.39. The summed E-state index contributed by atoms with van der Waals surface area (Å²) in [5.41, 5.74) is 12.0. The van der Waals surface area contributed by atoms with Crippen LogP contribution in [0.2, 0.25) is 10.2 Å². The minimum atomic E-state index is 0.338. The van der Waals surface area contributed by atoms with E-state index in [1.165, 1.54) is 17.8 Å². The molecule has 5 nitrogen and oxygen atoms in total. The van der Waals surface area contributed by atoms with Gasteiger partial charge < -0.3 is 11.5 Å². The average molecular weight is 302 g/mol. The average Bonchev–Trinajstić information content (AvgIpc) is 2.26. The summed E-state index contributed by atoms with van der Waals surface area (Å²) < 4.78 is 0. The van der Waals surface area contributed by atoms with Crippen LogP contribution in [0.3, 0.4) is 0 Å². The summed E-state index contributed by atoms with van der Waals surface area (Å²) >= 11 is 13.1. The number of anilines is 2. The zero-order chi connectivity index (χ0) is 13.1. The maximum atomic E-state index is 6.03. The molecule has 0 saturated carbocycles. The van der Waals surface area contributed by atoms with Crippen molar-refractivity contribution in [1.82, 2.24) is 15.0 Å². The maximum absolute atomic E-state index is 6.03. The number of hydrogen-bond acceptors (Lipinski definition) is 6. The molecule has 18 heavy (non-hydrogen) atoms. The lowest BCUT2D eigenvalue weighted by molar-refractivity contribution is 0.983. The van der Waals surface area contributed by atoms with Crippen LogP contribution in [0.5, 0.6) is 0 Å². The van der Waals surface area contributed by atoms with Gasteiger partial charge in [-0.3, -0.25) is 0 Å². The second kappa shape index (κ2) is 5.60. The topological polar surface area (TPSA) is 90.7 Å². The van der Waals surface area contributed by atoms with Gasteiger partial charge in [0.05, 0.1) is 0 Å². The molecule has 2 rings (SSSR count). The van der Waals surface area contributed by atoms with Crippen molar-refractivity contribution >= 4 is 46.6 Å². The highest BCUT2D eigenvalue weighted by molar-refractivity contribution is 7.98. The quantitative estimate of drug-likeness (QED) is 0.514. The summed E-state index contributed by atoms with van der Waals surface area (Å²) in [7, 11) is 0. The minimum absolute atomic E-state index is 0.338. The van der Waals surface area contributed by atoms with Crippen LogP contribution in [0.25, 0.3) is 0 Å². The van der Waals surface area contributed by atoms with Crippen molar-refractivity contribution in [1.29, 1.82) is 0 Å². The molecule has 0 aliphatic heterocycles. The number of nitrogens with two attached hydrogens (primary N) is 2. The normalized spacial score (nSPS) is 10.6. The number of rotatable bonds is 3. The van der Waals surface area contributed by atoms with E-state index in [1.54, 1.807) is 12.3 Å². The van der Waals surface area contributed by atoms with E-state index < -0.39 is 0 Å². The van der Waals surface area contributed by atoms with E-state index in [4.69, 9.17) is 34.7 Å². The monoisotopic (exact) mass is 301 g/mol. The fourth-order valence-corrected chi connectivity index (χ4v) is 2.58. The van der Waals surface area contributed by atoms with Crippen molar-refractivity contribution in [2.45, 2.75) is 10.9 Å². The summed E-state index contributed by atoms with van der Waals surface area (Å²) in [5, 5.41) is 1.41. The smallest absolute Gasteiger partial charge is 0.191 e. The Morgan fingerprint density at radius 3 is 2.39 bits per heavy atom. The number of thioether (sulfide) groups is 1. The van der Waals surface area contributed by atoms with Gasteiger partial charge in [-0.2, -0.15) is 0 Å². The van der Waals surface area contributed by atoms with Crippen molar-refractivity contribution in [3.8, 4) is 0 Å². The van der Waals surface area contributed by atoms with Crippen LogP contribution in [0.4, 0.5) is 11.6 Å². The molecular formula is C10H9Cl2N5S. The Morgan fingerprint density at radius 2 is 1.78 bits per heavy atom. The third kappa shape index (κ3) is 3.38. The highest BCUT2D eigenvalue weighted by atomic mass is 35.5. The van der Waals surface area contributed by atoms with E-state index >= 15 is 0 Å². The molecule has 0 amide bonds. The highest BCUT2D eigenvalue weighted by Crippen LogP contribution is 2.26. The Bertz CT molecular complexity index is 558. The van der Waals surface area contributed by atoms with Crippen LogP contribution < -0.4 is 11.5 Å². The van der Waals surface area contributed by atoms with Gasteiger partial charge in [0.2, 0.25) is 0 Å². The number of pyridine rings is 1. The first kappa shape index (κ1) is 13.2. The summed E-state index contributed by atoms with van der Waals surface area (Å²) in [6.45, 7) is 0. The van der Waals surface area contributed by atoms with Gasteiger partial charge >= 0.3 is 0 Å². The summed E-state index contributed by atoms with van der Waals surface area (Å²) in [5.74, 6) is 1.24. The van der Waals surface area contributed by atoms with E-state index in [9.17, 15) is 0 Å². The highest BCUT2D eigenvalue weighted by Gasteiger charge is 2.06. The van der Waals surface area contributed by atoms with Crippen LogP contribution in [0.1, 0.15) is 5.56 Å². The van der Waals surface area contributed by atoms with Crippen molar-refractivity contribution in [3.05, 3.63) is 34.1 Å². The Morgan fingerprint density at radius 1 is 1.11 bits per heavy atom. The molecular weight excluding hydrogens is 293 g/mol. The zero-order valence-corrected chi connectivity index (χ0v) is 11.4. The molecule has 2 aromatic rings. The lowest BCUT2D eigenvalue weighted by Gasteiger charge is -2.04. The predicted octanol–water partition coefficient (Wildman–Crippen LogP) is 2.64. The molecule has 0 unspecified atom stereocenters. The van der Waals surface area contributed by atoms with Gasteiger partial charge in [0.1, 0.15) is 16.8 Å². The van der Waals surface area contributed by atoms with Gasteiger partial charge in [0, 0.05) is 23.0 Å². The molecule has 0 spiro atoms. The third-order valence-corrected chi connectivity index (χ3v) is 3.45. The molecule has 0 fully saturated rings. The number of nitrogens with zero attached hydrogens (tertiary/aromatic N) is 3. The number of hydrogen-bond donors (Lipinski definition) is 2. The lowest BCUT2D eigenvalue weighted by Crippen LogP contribution is -1.99. The Labute approximate surface area is 118 Å². The minimum Gasteiger partial charge on any atom is -0.383 e.